The maximum atomic E-state index is 11.9. The lowest BCUT2D eigenvalue weighted by Crippen LogP contribution is -2.24. The zero-order valence-electron chi connectivity index (χ0n) is 10.8. The van der Waals surface area contributed by atoms with E-state index in [0.717, 1.165) is 16.8 Å². The molecule has 3 N–H and O–H groups in total. The van der Waals surface area contributed by atoms with Gasteiger partial charge in [0.15, 0.2) is 0 Å². The summed E-state index contributed by atoms with van der Waals surface area (Å²) in [7, 11) is 0. The molecule has 1 amide bonds. The fraction of sp³-hybridized carbons (Fsp3) is 0.214. The van der Waals surface area contributed by atoms with Crippen LogP contribution in [0.5, 0.6) is 0 Å². The second-order valence-corrected chi connectivity index (χ2v) is 4.20. The first-order valence-electron chi connectivity index (χ1n) is 6.04. The Labute approximate surface area is 111 Å². The van der Waals surface area contributed by atoms with Gasteiger partial charge < -0.3 is 11.1 Å². The normalized spacial score (nSPS) is 10.2. The summed E-state index contributed by atoms with van der Waals surface area (Å²) in [6, 6.07) is 7.75. The van der Waals surface area contributed by atoms with Crippen molar-refractivity contribution in [2.24, 2.45) is 5.73 Å². The third-order valence-electron chi connectivity index (χ3n) is 2.79. The summed E-state index contributed by atoms with van der Waals surface area (Å²) in [6.45, 7) is 2.71. The van der Waals surface area contributed by atoms with Crippen LogP contribution in [0.2, 0.25) is 0 Å². The van der Waals surface area contributed by atoms with Gasteiger partial charge in [0.05, 0.1) is 11.9 Å². The first-order chi connectivity index (χ1) is 9.20. The second kappa shape index (κ2) is 6.06. The SMILES string of the molecule is Cc1cnc(C(=O)NCc2ccccc2CN)cn1. The molecule has 0 aliphatic rings. The molecule has 5 heteroatoms. The average molecular weight is 256 g/mol. The summed E-state index contributed by atoms with van der Waals surface area (Å²) < 4.78 is 0. The molecule has 0 unspecified atom stereocenters. The Morgan fingerprint density at radius 1 is 1.21 bits per heavy atom. The second-order valence-electron chi connectivity index (χ2n) is 4.20. The fourth-order valence-electron chi connectivity index (χ4n) is 1.70. The van der Waals surface area contributed by atoms with Gasteiger partial charge in [-0.15, -0.1) is 0 Å². The van der Waals surface area contributed by atoms with Crippen LogP contribution in [0.1, 0.15) is 27.3 Å². The van der Waals surface area contributed by atoms with Gasteiger partial charge in [-0.05, 0) is 18.1 Å². The first kappa shape index (κ1) is 13.2. The van der Waals surface area contributed by atoms with Gasteiger partial charge in [0, 0.05) is 19.3 Å². The van der Waals surface area contributed by atoms with Crippen LogP contribution < -0.4 is 11.1 Å². The van der Waals surface area contributed by atoms with Gasteiger partial charge in [-0.1, -0.05) is 24.3 Å². The number of amides is 1. The van der Waals surface area contributed by atoms with Crippen molar-refractivity contribution < 1.29 is 4.79 Å². The molecule has 2 rings (SSSR count). The number of nitrogens with one attached hydrogen (secondary N) is 1. The molecule has 0 saturated carbocycles. The van der Waals surface area contributed by atoms with Crippen LogP contribution >= 0.6 is 0 Å². The molecule has 0 radical (unpaired) electrons. The lowest BCUT2D eigenvalue weighted by molar-refractivity contribution is 0.0945. The third-order valence-corrected chi connectivity index (χ3v) is 2.79. The van der Waals surface area contributed by atoms with Crippen molar-refractivity contribution in [3.63, 3.8) is 0 Å². The number of aryl methyl sites for hydroxylation is 1. The van der Waals surface area contributed by atoms with Crippen LogP contribution in [0, 0.1) is 6.92 Å². The lowest BCUT2D eigenvalue weighted by atomic mass is 10.1. The molecule has 0 spiro atoms. The molecular weight excluding hydrogens is 240 g/mol. The lowest BCUT2D eigenvalue weighted by Gasteiger charge is -2.08. The number of benzene rings is 1. The highest BCUT2D eigenvalue weighted by Gasteiger charge is 2.08. The van der Waals surface area contributed by atoms with Crippen LogP contribution in [0.4, 0.5) is 0 Å². The molecule has 1 aromatic carbocycles. The van der Waals surface area contributed by atoms with Crippen molar-refractivity contribution in [3.8, 4) is 0 Å². The van der Waals surface area contributed by atoms with Crippen molar-refractivity contribution in [2.45, 2.75) is 20.0 Å². The van der Waals surface area contributed by atoms with Gasteiger partial charge in [0.1, 0.15) is 5.69 Å². The maximum absolute atomic E-state index is 11.9. The zero-order chi connectivity index (χ0) is 13.7. The van der Waals surface area contributed by atoms with E-state index in [1.807, 2.05) is 31.2 Å². The van der Waals surface area contributed by atoms with E-state index in [4.69, 9.17) is 5.73 Å². The van der Waals surface area contributed by atoms with Crippen LogP contribution in [-0.2, 0) is 13.1 Å². The largest absolute Gasteiger partial charge is 0.347 e. The first-order valence-corrected chi connectivity index (χ1v) is 6.04. The molecule has 98 valence electrons. The van der Waals surface area contributed by atoms with Crippen LogP contribution in [0.25, 0.3) is 0 Å². The van der Waals surface area contributed by atoms with Gasteiger partial charge in [-0.2, -0.15) is 0 Å². The van der Waals surface area contributed by atoms with Crippen molar-refractivity contribution in [2.75, 3.05) is 0 Å². The number of nitrogens with zero attached hydrogens (tertiary/aromatic N) is 2. The van der Waals surface area contributed by atoms with Crippen molar-refractivity contribution in [1.29, 1.82) is 0 Å². The molecule has 2 aromatic rings. The summed E-state index contributed by atoms with van der Waals surface area (Å²) in [5.41, 5.74) is 8.79. The monoisotopic (exact) mass is 256 g/mol. The highest BCUT2D eigenvalue weighted by atomic mass is 16.1. The molecule has 0 saturated heterocycles. The molecule has 0 aliphatic carbocycles. The maximum Gasteiger partial charge on any atom is 0.271 e. The van der Waals surface area contributed by atoms with Gasteiger partial charge in [-0.25, -0.2) is 4.98 Å². The van der Waals surface area contributed by atoms with Gasteiger partial charge >= 0.3 is 0 Å². The van der Waals surface area contributed by atoms with E-state index in [0.29, 0.717) is 18.8 Å². The van der Waals surface area contributed by atoms with E-state index in [-0.39, 0.29) is 5.91 Å². The molecule has 0 aliphatic heterocycles. The van der Waals surface area contributed by atoms with Crippen LogP contribution in [-0.4, -0.2) is 15.9 Å². The molecule has 5 nitrogen and oxygen atoms in total. The molecule has 1 heterocycles. The van der Waals surface area contributed by atoms with Crippen molar-refractivity contribution in [1.82, 2.24) is 15.3 Å². The summed E-state index contributed by atoms with van der Waals surface area (Å²) >= 11 is 0. The smallest absolute Gasteiger partial charge is 0.271 e. The summed E-state index contributed by atoms with van der Waals surface area (Å²) in [6.07, 6.45) is 3.04. The number of hydrogen-bond donors (Lipinski definition) is 2. The Bertz CT molecular complexity index is 566. The topological polar surface area (TPSA) is 80.9 Å². The molecular formula is C14H16N4O. The highest BCUT2D eigenvalue weighted by molar-refractivity contribution is 5.91. The number of hydrogen-bond acceptors (Lipinski definition) is 4. The van der Waals surface area contributed by atoms with E-state index in [1.54, 1.807) is 6.20 Å². The number of rotatable bonds is 4. The van der Waals surface area contributed by atoms with Gasteiger partial charge in [0.25, 0.3) is 5.91 Å². The Morgan fingerprint density at radius 3 is 2.58 bits per heavy atom. The van der Waals surface area contributed by atoms with E-state index in [9.17, 15) is 4.79 Å². The summed E-state index contributed by atoms with van der Waals surface area (Å²) in [5, 5.41) is 2.81. The minimum Gasteiger partial charge on any atom is -0.347 e. The van der Waals surface area contributed by atoms with Gasteiger partial charge in [0.2, 0.25) is 0 Å². The predicted octanol–water partition coefficient (Wildman–Crippen LogP) is 1.17. The Hall–Kier alpha value is -2.27. The third kappa shape index (κ3) is 3.35. The number of carbonyl (C=O) groups excluding carboxylic acids is 1. The van der Waals surface area contributed by atoms with Crippen molar-refractivity contribution in [3.05, 3.63) is 59.2 Å². The summed E-state index contributed by atoms with van der Waals surface area (Å²) in [4.78, 5) is 20.0. The number of nitrogens with two attached hydrogens (primary N) is 1. The standard InChI is InChI=1S/C14H16N4O/c1-10-7-17-13(9-16-10)14(19)18-8-12-5-3-2-4-11(12)6-15/h2-5,7,9H,6,8,15H2,1H3,(H,18,19). The highest BCUT2D eigenvalue weighted by Crippen LogP contribution is 2.07. The molecule has 0 bridgehead atoms. The molecule has 0 fully saturated rings. The molecule has 19 heavy (non-hydrogen) atoms. The number of aromatic nitrogens is 2. The van der Waals surface area contributed by atoms with E-state index in [2.05, 4.69) is 15.3 Å². The fourth-order valence-corrected chi connectivity index (χ4v) is 1.70. The van der Waals surface area contributed by atoms with Crippen LogP contribution in [0.3, 0.4) is 0 Å². The van der Waals surface area contributed by atoms with E-state index < -0.39 is 0 Å². The minimum atomic E-state index is -0.237. The molecule has 0 atom stereocenters. The zero-order valence-corrected chi connectivity index (χ0v) is 10.8. The molecule has 1 aromatic heterocycles. The minimum absolute atomic E-state index is 0.237. The quantitative estimate of drug-likeness (QED) is 0.860. The van der Waals surface area contributed by atoms with E-state index >= 15 is 0 Å². The van der Waals surface area contributed by atoms with Gasteiger partial charge in [-0.3, -0.25) is 9.78 Å². The predicted molar refractivity (Wildman–Crippen MR) is 72.3 cm³/mol. The van der Waals surface area contributed by atoms with E-state index in [1.165, 1.54) is 6.20 Å². The Balaban J connectivity index is 2.02. The summed E-state index contributed by atoms with van der Waals surface area (Å²) in [5.74, 6) is -0.237. The number of carbonyl (C=O) groups is 1. The van der Waals surface area contributed by atoms with Crippen molar-refractivity contribution >= 4 is 5.91 Å². The van der Waals surface area contributed by atoms with Crippen LogP contribution in [0.15, 0.2) is 36.7 Å². The Kier molecular flexibility index (Phi) is 4.20. The average Bonchev–Trinajstić information content (AvgIpc) is 2.45. The Morgan fingerprint density at radius 2 is 1.95 bits per heavy atom.